The van der Waals surface area contributed by atoms with Gasteiger partial charge in [0.05, 0.1) is 23.0 Å². The summed E-state index contributed by atoms with van der Waals surface area (Å²) < 4.78 is 0. The van der Waals surface area contributed by atoms with Gasteiger partial charge in [0.1, 0.15) is 0 Å². The first-order chi connectivity index (χ1) is 16.8. The van der Waals surface area contributed by atoms with Crippen molar-refractivity contribution in [3.8, 4) is 0 Å². The molecule has 0 saturated carbocycles. The van der Waals surface area contributed by atoms with Crippen molar-refractivity contribution in [3.05, 3.63) is 102 Å². The minimum absolute atomic E-state index is 0.321. The highest BCUT2D eigenvalue weighted by Crippen LogP contribution is 2.43. The maximum absolute atomic E-state index is 11.1. The highest BCUT2D eigenvalue weighted by Gasteiger charge is 2.51. The molecule has 2 N–H and O–H groups in total. The lowest BCUT2D eigenvalue weighted by Crippen LogP contribution is -2.51. The van der Waals surface area contributed by atoms with Crippen molar-refractivity contribution in [2.75, 3.05) is 0 Å². The maximum atomic E-state index is 11.1. The number of aliphatic hydroxyl groups is 2. The zero-order valence-corrected chi connectivity index (χ0v) is 21.5. The van der Waals surface area contributed by atoms with E-state index in [1.165, 1.54) is 0 Å². The van der Waals surface area contributed by atoms with Crippen molar-refractivity contribution in [1.82, 2.24) is 0 Å². The standard InChI is InChI=1S/2C14H17NO3/c2*1-9-8-11-6-4-5-7-12(11)14(3,13(9)16)10(2)15(17)18/h2*4-8,10,13,16H,1-3H3/t2*10-,13-,14+/m00/s1. The van der Waals surface area contributed by atoms with Gasteiger partial charge in [0.2, 0.25) is 12.1 Å². The second-order valence-corrected chi connectivity index (χ2v) is 10.2. The summed E-state index contributed by atoms with van der Waals surface area (Å²) in [5.74, 6) is 0. The minimum atomic E-state index is -0.890. The first-order valence-corrected chi connectivity index (χ1v) is 12.0. The molecule has 8 nitrogen and oxygen atoms in total. The van der Waals surface area contributed by atoms with Gasteiger partial charge in [0.15, 0.2) is 0 Å². The van der Waals surface area contributed by atoms with Crippen molar-refractivity contribution < 1.29 is 20.1 Å². The molecule has 0 aliphatic heterocycles. The van der Waals surface area contributed by atoms with Crippen molar-refractivity contribution >= 4 is 12.2 Å². The third-order valence-corrected chi connectivity index (χ3v) is 8.22. The van der Waals surface area contributed by atoms with E-state index < -0.39 is 35.1 Å². The van der Waals surface area contributed by atoms with E-state index in [2.05, 4.69) is 0 Å². The number of benzene rings is 2. The Labute approximate surface area is 211 Å². The van der Waals surface area contributed by atoms with Crippen LogP contribution in [0.3, 0.4) is 0 Å². The maximum Gasteiger partial charge on any atom is 0.222 e. The molecule has 8 heteroatoms. The van der Waals surface area contributed by atoms with Gasteiger partial charge in [-0.25, -0.2) is 0 Å². The summed E-state index contributed by atoms with van der Waals surface area (Å²) in [5.41, 5.74) is 3.35. The number of rotatable bonds is 4. The van der Waals surface area contributed by atoms with Gasteiger partial charge in [-0.3, -0.25) is 20.2 Å². The lowest BCUT2D eigenvalue weighted by atomic mass is 9.66. The minimum Gasteiger partial charge on any atom is -0.388 e. The molecule has 192 valence electrons. The molecule has 0 bridgehead atoms. The van der Waals surface area contributed by atoms with Gasteiger partial charge in [-0.05, 0) is 61.1 Å². The Bertz CT molecular complexity index is 1140. The molecular formula is C28H34N2O6. The van der Waals surface area contributed by atoms with Gasteiger partial charge in [-0.15, -0.1) is 0 Å². The molecule has 6 atom stereocenters. The summed E-state index contributed by atoms with van der Waals surface area (Å²) in [5, 5.41) is 43.1. The van der Waals surface area contributed by atoms with Crippen molar-refractivity contribution in [1.29, 1.82) is 0 Å². The molecule has 36 heavy (non-hydrogen) atoms. The Morgan fingerprint density at radius 1 is 0.722 bits per heavy atom. The molecule has 2 aromatic rings. The fourth-order valence-electron chi connectivity index (χ4n) is 5.46. The van der Waals surface area contributed by atoms with Crippen LogP contribution in [0.15, 0.2) is 59.7 Å². The highest BCUT2D eigenvalue weighted by molar-refractivity contribution is 5.65. The number of fused-ring (bicyclic) bond motifs is 2. The first-order valence-electron chi connectivity index (χ1n) is 12.0. The molecule has 0 spiro atoms. The Balaban J connectivity index is 0.000000201. The van der Waals surface area contributed by atoms with Gasteiger partial charge >= 0.3 is 0 Å². The monoisotopic (exact) mass is 494 g/mol. The van der Waals surface area contributed by atoms with Crippen LogP contribution in [0.5, 0.6) is 0 Å². The number of hydrogen-bond donors (Lipinski definition) is 2. The predicted octanol–water partition coefficient (Wildman–Crippen LogP) is 4.77. The Kier molecular flexibility index (Phi) is 7.53. The van der Waals surface area contributed by atoms with Crippen LogP contribution >= 0.6 is 0 Å². The molecule has 0 aromatic heterocycles. The second kappa shape index (κ2) is 9.95. The number of nitrogens with zero attached hydrogens (tertiary/aromatic N) is 2. The van der Waals surface area contributed by atoms with Gasteiger partial charge in [-0.2, -0.15) is 0 Å². The zero-order valence-electron chi connectivity index (χ0n) is 21.5. The van der Waals surface area contributed by atoms with Crippen molar-refractivity contribution in [3.63, 3.8) is 0 Å². The van der Waals surface area contributed by atoms with E-state index in [1.54, 1.807) is 27.7 Å². The van der Waals surface area contributed by atoms with Crippen LogP contribution in [0, 0.1) is 20.2 Å². The molecule has 2 aromatic carbocycles. The fraction of sp³-hybridized carbons (Fsp3) is 0.429. The van der Waals surface area contributed by atoms with E-state index in [0.717, 1.165) is 33.4 Å². The SMILES string of the molecule is CC1=Cc2ccccc2[C@@](C)([C@H](C)[N+](=O)[O-])[C@H]1O.CC1=Cc2ccccc2[C@@](C)([C@H](C)[N+](=O)[O-])[C@H]1O. The molecule has 0 saturated heterocycles. The van der Waals surface area contributed by atoms with Crippen molar-refractivity contribution in [2.24, 2.45) is 0 Å². The molecule has 2 aliphatic carbocycles. The summed E-state index contributed by atoms with van der Waals surface area (Å²) in [7, 11) is 0. The summed E-state index contributed by atoms with van der Waals surface area (Å²) in [6.45, 7) is 10.3. The van der Waals surface area contributed by atoms with Gasteiger partial charge in [0.25, 0.3) is 0 Å². The molecular weight excluding hydrogens is 460 g/mol. The molecule has 0 fully saturated rings. The van der Waals surface area contributed by atoms with Crippen LogP contribution in [0.2, 0.25) is 0 Å². The van der Waals surface area contributed by atoms with E-state index in [0.29, 0.717) is 0 Å². The van der Waals surface area contributed by atoms with E-state index in [4.69, 9.17) is 0 Å². The largest absolute Gasteiger partial charge is 0.388 e. The van der Waals surface area contributed by atoms with Crippen LogP contribution in [0.25, 0.3) is 12.2 Å². The number of nitro groups is 2. The molecule has 0 radical (unpaired) electrons. The van der Waals surface area contributed by atoms with E-state index in [9.17, 15) is 30.4 Å². The number of aliphatic hydroxyl groups excluding tert-OH is 2. The van der Waals surface area contributed by atoms with Crippen LogP contribution in [0.1, 0.15) is 63.8 Å². The van der Waals surface area contributed by atoms with E-state index in [-0.39, 0.29) is 9.85 Å². The summed E-state index contributed by atoms with van der Waals surface area (Å²) in [6, 6.07) is 13.4. The third-order valence-electron chi connectivity index (χ3n) is 8.22. The molecule has 4 rings (SSSR count). The fourth-order valence-corrected chi connectivity index (χ4v) is 5.46. The summed E-state index contributed by atoms with van der Waals surface area (Å²) in [6.07, 6.45) is 2.14. The lowest BCUT2D eigenvalue weighted by Gasteiger charge is -2.39. The topological polar surface area (TPSA) is 127 Å². The lowest BCUT2D eigenvalue weighted by molar-refractivity contribution is -0.532. The predicted molar refractivity (Wildman–Crippen MR) is 140 cm³/mol. The molecule has 0 unspecified atom stereocenters. The summed E-state index contributed by atoms with van der Waals surface area (Å²) >= 11 is 0. The smallest absolute Gasteiger partial charge is 0.222 e. The average molecular weight is 495 g/mol. The van der Waals surface area contributed by atoms with Gasteiger partial charge in [-0.1, -0.05) is 60.7 Å². The Hall–Kier alpha value is -3.36. The second-order valence-electron chi connectivity index (χ2n) is 10.2. The molecule has 0 amide bonds. The van der Waals surface area contributed by atoms with Gasteiger partial charge < -0.3 is 10.2 Å². The van der Waals surface area contributed by atoms with Crippen LogP contribution in [-0.2, 0) is 10.8 Å². The van der Waals surface area contributed by atoms with Crippen LogP contribution in [0.4, 0.5) is 0 Å². The Morgan fingerprint density at radius 2 is 1.03 bits per heavy atom. The molecule has 2 aliphatic rings. The molecule has 0 heterocycles. The third kappa shape index (κ3) is 4.35. The number of hydrogen-bond acceptors (Lipinski definition) is 6. The van der Waals surface area contributed by atoms with E-state index >= 15 is 0 Å². The van der Waals surface area contributed by atoms with Crippen LogP contribution < -0.4 is 0 Å². The van der Waals surface area contributed by atoms with Gasteiger partial charge in [0, 0.05) is 23.7 Å². The first kappa shape index (κ1) is 27.2. The Morgan fingerprint density at radius 3 is 1.33 bits per heavy atom. The quantitative estimate of drug-likeness (QED) is 0.465. The van der Waals surface area contributed by atoms with Crippen LogP contribution in [-0.4, -0.2) is 44.4 Å². The zero-order chi connectivity index (χ0) is 27.0. The normalized spacial score (nSPS) is 28.2. The van der Waals surface area contributed by atoms with E-state index in [1.807, 2.05) is 74.5 Å². The summed E-state index contributed by atoms with van der Waals surface area (Å²) in [4.78, 5) is 21.6. The highest BCUT2D eigenvalue weighted by atomic mass is 16.6. The van der Waals surface area contributed by atoms with Crippen molar-refractivity contribution in [2.45, 2.75) is 76.7 Å². The average Bonchev–Trinajstić information content (AvgIpc) is 2.85.